The summed E-state index contributed by atoms with van der Waals surface area (Å²) in [5.41, 5.74) is 6.88. The monoisotopic (exact) mass is 273 g/mol. The number of nitrogen functional groups attached to an aromatic ring is 1. The molecule has 1 aliphatic heterocycles. The topological polar surface area (TPSA) is 97.4 Å². The number of piperidine rings is 1. The number of carbonyl (C=O) groups excluding carboxylic acids is 2. The highest BCUT2D eigenvalue weighted by Gasteiger charge is 2.25. The van der Waals surface area contributed by atoms with Crippen LogP contribution in [-0.2, 0) is 4.79 Å². The van der Waals surface area contributed by atoms with Crippen LogP contribution in [0.4, 0.5) is 5.69 Å². The van der Waals surface area contributed by atoms with Gasteiger partial charge in [0.05, 0.1) is 0 Å². The molecule has 0 saturated carbocycles. The standard InChI is InChI=1S/C14H15N3O3/c15-9-3-4-11-8(6-9)7-12(20-11)14(19)17-10-2-1-5-16-13(10)18/h3-4,6-7,10H,1-2,5,15H2,(H,16,18)(H,17,19). The first kappa shape index (κ1) is 12.5. The van der Waals surface area contributed by atoms with Crippen molar-refractivity contribution in [1.29, 1.82) is 0 Å². The summed E-state index contributed by atoms with van der Waals surface area (Å²) in [4.78, 5) is 23.7. The summed E-state index contributed by atoms with van der Waals surface area (Å²) < 4.78 is 5.46. The first-order chi connectivity index (χ1) is 9.63. The normalized spacial score (nSPS) is 18.8. The number of hydrogen-bond acceptors (Lipinski definition) is 4. The summed E-state index contributed by atoms with van der Waals surface area (Å²) in [6.45, 7) is 0.662. The lowest BCUT2D eigenvalue weighted by Gasteiger charge is -2.22. The number of anilines is 1. The number of carbonyl (C=O) groups is 2. The van der Waals surface area contributed by atoms with E-state index in [1.54, 1.807) is 24.3 Å². The Kier molecular flexibility index (Phi) is 3.06. The van der Waals surface area contributed by atoms with E-state index in [1.165, 1.54) is 0 Å². The number of furan rings is 1. The number of benzene rings is 1. The van der Waals surface area contributed by atoms with Gasteiger partial charge in [0.25, 0.3) is 5.91 Å². The van der Waals surface area contributed by atoms with Gasteiger partial charge in [-0.15, -0.1) is 0 Å². The number of hydrogen-bond donors (Lipinski definition) is 3. The van der Waals surface area contributed by atoms with Crippen molar-refractivity contribution in [2.75, 3.05) is 12.3 Å². The fraction of sp³-hybridized carbons (Fsp3) is 0.286. The molecule has 1 aromatic carbocycles. The van der Waals surface area contributed by atoms with E-state index in [-0.39, 0.29) is 17.6 Å². The zero-order valence-electron chi connectivity index (χ0n) is 10.8. The van der Waals surface area contributed by atoms with Gasteiger partial charge in [0, 0.05) is 17.6 Å². The van der Waals surface area contributed by atoms with Gasteiger partial charge in [-0.25, -0.2) is 0 Å². The van der Waals surface area contributed by atoms with Gasteiger partial charge < -0.3 is 20.8 Å². The number of rotatable bonds is 2. The van der Waals surface area contributed by atoms with E-state index >= 15 is 0 Å². The van der Waals surface area contributed by atoms with Crippen LogP contribution in [0.1, 0.15) is 23.4 Å². The van der Waals surface area contributed by atoms with Crippen molar-refractivity contribution >= 4 is 28.5 Å². The number of amides is 2. The second-order valence-corrected chi connectivity index (χ2v) is 4.87. The molecule has 0 aliphatic carbocycles. The molecule has 1 unspecified atom stereocenters. The first-order valence-corrected chi connectivity index (χ1v) is 6.51. The van der Waals surface area contributed by atoms with Gasteiger partial charge in [-0.05, 0) is 37.1 Å². The summed E-state index contributed by atoms with van der Waals surface area (Å²) in [5, 5.41) is 6.17. The van der Waals surface area contributed by atoms with Crippen LogP contribution in [0.5, 0.6) is 0 Å². The van der Waals surface area contributed by atoms with Crippen LogP contribution < -0.4 is 16.4 Å². The molecule has 2 amide bonds. The van der Waals surface area contributed by atoms with E-state index in [1.807, 2.05) is 0 Å². The van der Waals surface area contributed by atoms with Gasteiger partial charge in [-0.1, -0.05) is 0 Å². The second-order valence-electron chi connectivity index (χ2n) is 4.87. The third-order valence-electron chi connectivity index (χ3n) is 3.35. The maximum Gasteiger partial charge on any atom is 0.287 e. The van der Waals surface area contributed by atoms with Crippen LogP contribution in [0.2, 0.25) is 0 Å². The Morgan fingerprint density at radius 3 is 3.05 bits per heavy atom. The average molecular weight is 273 g/mol. The molecule has 1 atom stereocenters. The van der Waals surface area contributed by atoms with Crippen molar-refractivity contribution < 1.29 is 14.0 Å². The Balaban J connectivity index is 1.79. The highest BCUT2D eigenvalue weighted by atomic mass is 16.3. The fourth-order valence-electron chi connectivity index (χ4n) is 2.31. The minimum absolute atomic E-state index is 0.148. The maximum absolute atomic E-state index is 12.1. The predicted octanol–water partition coefficient (Wildman–Crippen LogP) is 1.02. The van der Waals surface area contributed by atoms with Crippen LogP contribution in [0.3, 0.4) is 0 Å². The van der Waals surface area contributed by atoms with Gasteiger partial charge in [0.2, 0.25) is 5.91 Å². The van der Waals surface area contributed by atoms with Crippen molar-refractivity contribution in [2.24, 2.45) is 0 Å². The average Bonchev–Trinajstić information content (AvgIpc) is 2.84. The minimum Gasteiger partial charge on any atom is -0.451 e. The summed E-state index contributed by atoms with van der Waals surface area (Å²) in [7, 11) is 0. The van der Waals surface area contributed by atoms with E-state index in [0.29, 0.717) is 24.2 Å². The van der Waals surface area contributed by atoms with E-state index in [2.05, 4.69) is 10.6 Å². The van der Waals surface area contributed by atoms with Crippen LogP contribution in [0.15, 0.2) is 28.7 Å². The van der Waals surface area contributed by atoms with Gasteiger partial charge in [0.15, 0.2) is 5.76 Å². The van der Waals surface area contributed by atoms with Crippen molar-refractivity contribution in [3.05, 3.63) is 30.0 Å². The first-order valence-electron chi connectivity index (χ1n) is 6.51. The number of nitrogens with one attached hydrogen (secondary N) is 2. The van der Waals surface area contributed by atoms with Crippen molar-refractivity contribution in [2.45, 2.75) is 18.9 Å². The molecule has 1 fully saturated rings. The lowest BCUT2D eigenvalue weighted by molar-refractivity contribution is -0.124. The Morgan fingerprint density at radius 1 is 1.40 bits per heavy atom. The largest absolute Gasteiger partial charge is 0.451 e. The Morgan fingerprint density at radius 2 is 2.25 bits per heavy atom. The predicted molar refractivity (Wildman–Crippen MR) is 74.1 cm³/mol. The molecule has 6 heteroatoms. The highest BCUT2D eigenvalue weighted by Crippen LogP contribution is 2.21. The third-order valence-corrected chi connectivity index (χ3v) is 3.35. The smallest absolute Gasteiger partial charge is 0.287 e. The minimum atomic E-state index is -0.491. The molecule has 1 saturated heterocycles. The van der Waals surface area contributed by atoms with E-state index in [9.17, 15) is 9.59 Å². The van der Waals surface area contributed by atoms with E-state index in [0.717, 1.165) is 11.8 Å². The molecule has 4 N–H and O–H groups in total. The van der Waals surface area contributed by atoms with Crippen LogP contribution in [0.25, 0.3) is 11.0 Å². The molecule has 104 valence electrons. The SMILES string of the molecule is Nc1ccc2oc(C(=O)NC3CCCNC3=O)cc2c1. The zero-order valence-corrected chi connectivity index (χ0v) is 10.8. The molecule has 3 rings (SSSR count). The Labute approximate surface area is 115 Å². The summed E-state index contributed by atoms with van der Waals surface area (Å²) in [5.74, 6) is -0.351. The molecule has 1 aliphatic rings. The van der Waals surface area contributed by atoms with Gasteiger partial charge in [0.1, 0.15) is 11.6 Å². The molecular formula is C14H15N3O3. The quantitative estimate of drug-likeness (QED) is 0.712. The molecule has 20 heavy (non-hydrogen) atoms. The number of fused-ring (bicyclic) bond motifs is 1. The van der Waals surface area contributed by atoms with E-state index < -0.39 is 6.04 Å². The van der Waals surface area contributed by atoms with E-state index in [4.69, 9.17) is 10.2 Å². The van der Waals surface area contributed by atoms with Gasteiger partial charge in [-0.3, -0.25) is 9.59 Å². The van der Waals surface area contributed by atoms with Crippen molar-refractivity contribution in [3.8, 4) is 0 Å². The van der Waals surface area contributed by atoms with Crippen LogP contribution >= 0.6 is 0 Å². The summed E-state index contributed by atoms with van der Waals surface area (Å²) in [6, 6.07) is 6.30. The summed E-state index contributed by atoms with van der Waals surface area (Å²) in [6.07, 6.45) is 1.50. The summed E-state index contributed by atoms with van der Waals surface area (Å²) >= 11 is 0. The highest BCUT2D eigenvalue weighted by molar-refractivity contribution is 5.99. The molecule has 0 bridgehead atoms. The van der Waals surface area contributed by atoms with Gasteiger partial charge in [-0.2, -0.15) is 0 Å². The molecule has 0 radical (unpaired) electrons. The fourth-order valence-corrected chi connectivity index (χ4v) is 2.31. The van der Waals surface area contributed by atoms with Crippen LogP contribution in [-0.4, -0.2) is 24.4 Å². The molecule has 2 aromatic rings. The second kappa shape index (κ2) is 4.88. The molecule has 0 spiro atoms. The lowest BCUT2D eigenvalue weighted by atomic mass is 10.1. The maximum atomic E-state index is 12.1. The zero-order chi connectivity index (χ0) is 14.1. The number of nitrogens with two attached hydrogens (primary N) is 1. The molecule has 2 heterocycles. The molecular weight excluding hydrogens is 258 g/mol. The van der Waals surface area contributed by atoms with Crippen molar-refractivity contribution in [1.82, 2.24) is 10.6 Å². The van der Waals surface area contributed by atoms with Gasteiger partial charge >= 0.3 is 0 Å². The third kappa shape index (κ3) is 2.32. The van der Waals surface area contributed by atoms with Crippen molar-refractivity contribution in [3.63, 3.8) is 0 Å². The van der Waals surface area contributed by atoms with Crippen LogP contribution in [0, 0.1) is 0 Å². The molecule has 1 aromatic heterocycles. The molecule has 6 nitrogen and oxygen atoms in total. The Hall–Kier alpha value is -2.50. The lowest BCUT2D eigenvalue weighted by Crippen LogP contribution is -2.50. The Bertz CT molecular complexity index is 677.